The number of quaternary nitrogens is 4. The van der Waals surface area contributed by atoms with Gasteiger partial charge in [-0.3, -0.25) is 0 Å². The Morgan fingerprint density at radius 1 is 0.300 bits per heavy atom. The van der Waals surface area contributed by atoms with Crippen LogP contribution in [0.2, 0.25) is 0 Å². The molecule has 0 amide bonds. The highest BCUT2D eigenvalue weighted by Crippen LogP contribution is 2.08. The van der Waals surface area contributed by atoms with Gasteiger partial charge in [0.25, 0.3) is 0 Å². The van der Waals surface area contributed by atoms with Gasteiger partial charge in [0.15, 0.2) is 0 Å². The van der Waals surface area contributed by atoms with Gasteiger partial charge in [0.1, 0.15) is 0 Å². The van der Waals surface area contributed by atoms with Crippen LogP contribution >= 0.6 is 0 Å². The molecule has 0 aromatic carbocycles. The molecule has 0 unspecified atom stereocenters. The van der Waals surface area contributed by atoms with E-state index in [1.165, 1.54) is 51.4 Å². The maximum atomic E-state index is 9.75. The van der Waals surface area contributed by atoms with Gasteiger partial charge in [0.2, 0.25) is 0 Å². The molecule has 0 atom stereocenters. The molecule has 0 aliphatic heterocycles. The third-order valence-corrected chi connectivity index (χ3v) is 2.41. The van der Waals surface area contributed by atoms with Crippen molar-refractivity contribution in [2.45, 2.75) is 79.1 Å². The molecule has 0 aliphatic rings. The van der Waals surface area contributed by atoms with Crippen molar-refractivity contribution in [2.75, 3.05) is 26.2 Å². The Labute approximate surface area is 227 Å². The predicted molar refractivity (Wildman–Crippen MR) is 131 cm³/mol. The van der Waals surface area contributed by atoms with Crippen LogP contribution in [0.4, 0.5) is 69.1 Å². The van der Waals surface area contributed by atoms with Crippen LogP contribution in [0.25, 0.3) is 0 Å². The van der Waals surface area contributed by atoms with Crippen LogP contribution < -0.4 is 22.9 Å². The summed E-state index contributed by atoms with van der Waals surface area (Å²) in [5, 5.41) is 0. The van der Waals surface area contributed by atoms with Gasteiger partial charge in [-0.2, -0.15) is 0 Å². The number of hydrogen-bond donors (Lipinski definition) is 4. The van der Waals surface area contributed by atoms with E-state index < -0.39 is 29.0 Å². The summed E-state index contributed by atoms with van der Waals surface area (Å²) in [6.07, 6.45) is 10.2. The molecule has 0 aromatic rings. The van der Waals surface area contributed by atoms with Crippen molar-refractivity contribution in [3.63, 3.8) is 0 Å². The first kappa shape index (κ1) is 58.6. The first-order chi connectivity index (χ1) is 17.7. The standard InChI is InChI=1S/4C4H11N.4BF4/c4*1-2-3-4-5;4*2-1(3,4)5/h4*2-5H2,1H3;;;;/q;;;;4*-1/p+4. The van der Waals surface area contributed by atoms with E-state index in [9.17, 15) is 69.1 Å². The Morgan fingerprint density at radius 2 is 0.375 bits per heavy atom. The van der Waals surface area contributed by atoms with Gasteiger partial charge >= 0.3 is 29.0 Å². The summed E-state index contributed by atoms with van der Waals surface area (Å²) >= 11 is 0. The highest BCUT2D eigenvalue weighted by atomic mass is 19.5. The summed E-state index contributed by atoms with van der Waals surface area (Å²) < 4.78 is 156. The molecule has 256 valence electrons. The van der Waals surface area contributed by atoms with Crippen LogP contribution in [0, 0.1) is 0 Å². The number of hydrogen-bond acceptors (Lipinski definition) is 0. The van der Waals surface area contributed by atoms with Gasteiger partial charge in [0.05, 0.1) is 26.2 Å². The average molecular weight is 644 g/mol. The van der Waals surface area contributed by atoms with Crippen molar-refractivity contribution in [1.82, 2.24) is 0 Å². The fraction of sp³-hybridized carbons (Fsp3) is 1.00. The quantitative estimate of drug-likeness (QED) is 0.203. The predicted octanol–water partition coefficient (Wildman–Crippen LogP) is 5.31. The second-order valence-corrected chi connectivity index (χ2v) is 6.81. The van der Waals surface area contributed by atoms with E-state index in [4.69, 9.17) is 0 Å². The lowest BCUT2D eigenvalue weighted by Crippen LogP contribution is -2.49. The Bertz CT molecular complexity index is 299. The van der Waals surface area contributed by atoms with Crippen LogP contribution in [0.3, 0.4) is 0 Å². The Kier molecular flexibility index (Phi) is 62.2. The van der Waals surface area contributed by atoms with Crippen LogP contribution in [-0.2, 0) is 0 Å². The zero-order valence-electron chi connectivity index (χ0n) is 23.7. The summed E-state index contributed by atoms with van der Waals surface area (Å²) in [4.78, 5) is 0. The molecule has 0 aliphatic carbocycles. The Morgan fingerprint density at radius 3 is 0.375 bits per heavy atom. The van der Waals surface area contributed by atoms with Crippen molar-refractivity contribution in [3.8, 4) is 0 Å². The molecule has 0 rings (SSSR count). The molecule has 0 heterocycles. The fourth-order valence-electron chi connectivity index (χ4n) is 1.000. The van der Waals surface area contributed by atoms with E-state index in [0.29, 0.717) is 0 Å². The van der Waals surface area contributed by atoms with Crippen LogP contribution in [-0.4, -0.2) is 55.2 Å². The summed E-state index contributed by atoms with van der Waals surface area (Å²) in [5.41, 5.74) is 14.7. The first-order valence-corrected chi connectivity index (χ1v) is 12.3. The van der Waals surface area contributed by atoms with Gasteiger partial charge in [-0.25, -0.2) is 0 Å². The molecule has 4 nitrogen and oxygen atoms in total. The van der Waals surface area contributed by atoms with E-state index in [0.717, 1.165) is 26.2 Å². The monoisotopic (exact) mass is 644 g/mol. The molecule has 24 heteroatoms. The molecule has 0 spiro atoms. The summed E-state index contributed by atoms with van der Waals surface area (Å²) in [5.74, 6) is 0. The maximum absolute atomic E-state index is 9.75. The molecule has 0 radical (unpaired) electrons. The molecule has 40 heavy (non-hydrogen) atoms. The van der Waals surface area contributed by atoms with Crippen molar-refractivity contribution in [1.29, 1.82) is 0 Å². The first-order valence-electron chi connectivity index (χ1n) is 12.3. The smallest absolute Gasteiger partial charge is 0.418 e. The highest BCUT2D eigenvalue weighted by Gasteiger charge is 2.21. The van der Waals surface area contributed by atoms with E-state index in [1.807, 2.05) is 0 Å². The lowest BCUT2D eigenvalue weighted by molar-refractivity contribution is -0.368. The van der Waals surface area contributed by atoms with Crippen molar-refractivity contribution in [3.05, 3.63) is 0 Å². The molecule has 0 aromatic heterocycles. The Balaban J connectivity index is -0.0000000488. The Hall–Kier alpha value is -1.02. The SMILES string of the molecule is CCCC[NH3+].CCCC[NH3+].CCCC[NH3+].CCCC[NH3+].F[B-](F)(F)F.F[B-](F)(F)F.F[B-](F)(F)F.F[B-](F)(F)F. The lowest BCUT2D eigenvalue weighted by Gasteiger charge is -1.94. The van der Waals surface area contributed by atoms with E-state index in [-0.39, 0.29) is 0 Å². The normalized spacial score (nSPS) is 10.2. The molecule has 0 fully saturated rings. The van der Waals surface area contributed by atoms with Crippen LogP contribution in [0.5, 0.6) is 0 Å². The van der Waals surface area contributed by atoms with Crippen LogP contribution in [0.15, 0.2) is 0 Å². The number of rotatable bonds is 8. The minimum atomic E-state index is -6.00. The van der Waals surface area contributed by atoms with Gasteiger partial charge in [-0.1, -0.05) is 53.4 Å². The summed E-state index contributed by atoms with van der Waals surface area (Å²) in [7, 11) is -24.0. The highest BCUT2D eigenvalue weighted by molar-refractivity contribution is 6.50. The number of unbranched alkanes of at least 4 members (excludes halogenated alkanes) is 4. The second-order valence-electron chi connectivity index (χ2n) is 6.81. The molecule has 0 saturated heterocycles. The third kappa shape index (κ3) is 983. The third-order valence-electron chi connectivity index (χ3n) is 2.41. The second kappa shape index (κ2) is 42.4. The van der Waals surface area contributed by atoms with E-state index in [2.05, 4.69) is 50.6 Å². The molecule has 12 N–H and O–H groups in total. The van der Waals surface area contributed by atoms with Crippen molar-refractivity contribution in [2.24, 2.45) is 0 Å². The molecular formula is C16H48B4F16N4. The van der Waals surface area contributed by atoms with Gasteiger partial charge in [-0.15, -0.1) is 0 Å². The van der Waals surface area contributed by atoms with Gasteiger partial charge in [0, 0.05) is 0 Å². The molecule has 0 bridgehead atoms. The maximum Gasteiger partial charge on any atom is 0.673 e. The van der Waals surface area contributed by atoms with Crippen LogP contribution in [0.1, 0.15) is 79.1 Å². The zero-order chi connectivity index (χ0) is 34.5. The largest absolute Gasteiger partial charge is 0.673 e. The minimum absolute atomic E-state index is 1.09. The number of halogens is 16. The summed E-state index contributed by atoms with van der Waals surface area (Å²) in [6.45, 7) is 13.1. The van der Waals surface area contributed by atoms with Crippen molar-refractivity contribution >= 4 is 29.0 Å². The zero-order valence-corrected chi connectivity index (χ0v) is 23.7. The topological polar surface area (TPSA) is 111 Å². The minimum Gasteiger partial charge on any atom is -0.418 e. The fourth-order valence-corrected chi connectivity index (χ4v) is 1.000. The van der Waals surface area contributed by atoms with Gasteiger partial charge in [-0.05, 0) is 25.7 Å². The molecule has 0 saturated carbocycles. The summed E-state index contributed by atoms with van der Waals surface area (Å²) in [6, 6.07) is 0. The van der Waals surface area contributed by atoms with E-state index >= 15 is 0 Å². The molecular weight excluding hydrogens is 595 g/mol. The lowest BCUT2D eigenvalue weighted by atomic mass is 10.3. The van der Waals surface area contributed by atoms with Crippen molar-refractivity contribution < 1.29 is 92.0 Å². The van der Waals surface area contributed by atoms with Gasteiger partial charge < -0.3 is 92.0 Å². The van der Waals surface area contributed by atoms with E-state index in [1.54, 1.807) is 0 Å². The average Bonchev–Trinajstić information content (AvgIpc) is 2.67.